The fourth-order valence-corrected chi connectivity index (χ4v) is 2.57. The third-order valence-corrected chi connectivity index (χ3v) is 3.74. The molecule has 1 aromatic carbocycles. The molecule has 1 unspecified atom stereocenters. The topological polar surface area (TPSA) is 55.6 Å². The molecule has 0 aliphatic rings. The van der Waals surface area contributed by atoms with E-state index < -0.39 is 0 Å². The molecule has 1 atom stereocenters. The van der Waals surface area contributed by atoms with Crippen molar-refractivity contribution in [3.8, 4) is 5.82 Å². The Morgan fingerprint density at radius 1 is 1.14 bits per heavy atom. The van der Waals surface area contributed by atoms with Crippen LogP contribution in [0, 0.1) is 5.92 Å². The van der Waals surface area contributed by atoms with Crippen molar-refractivity contribution in [2.75, 3.05) is 6.54 Å². The van der Waals surface area contributed by atoms with Crippen LogP contribution in [0.1, 0.15) is 32.4 Å². The van der Waals surface area contributed by atoms with E-state index in [0.29, 0.717) is 5.92 Å². The average molecular weight is 295 g/mol. The van der Waals surface area contributed by atoms with Crippen LogP contribution in [0.2, 0.25) is 0 Å². The second-order valence-electron chi connectivity index (χ2n) is 5.95. The highest BCUT2D eigenvalue weighted by Gasteiger charge is 2.14. The van der Waals surface area contributed by atoms with Gasteiger partial charge in [0.25, 0.3) is 0 Å². The van der Waals surface area contributed by atoms with Crippen LogP contribution in [0.25, 0.3) is 16.6 Å². The summed E-state index contributed by atoms with van der Waals surface area (Å²) in [6, 6.07) is 8.56. The summed E-state index contributed by atoms with van der Waals surface area (Å²) in [4.78, 5) is 8.63. The van der Waals surface area contributed by atoms with E-state index in [-0.39, 0.29) is 6.04 Å². The molecule has 0 radical (unpaired) electrons. The molecule has 0 fully saturated rings. The third-order valence-electron chi connectivity index (χ3n) is 3.74. The molecule has 5 nitrogen and oxygen atoms in total. The first-order valence-corrected chi connectivity index (χ1v) is 7.63. The monoisotopic (exact) mass is 295 g/mol. The maximum Gasteiger partial charge on any atom is 0.163 e. The maximum absolute atomic E-state index is 4.62. The predicted molar refractivity (Wildman–Crippen MR) is 87.9 cm³/mol. The summed E-state index contributed by atoms with van der Waals surface area (Å²) < 4.78 is 1.71. The van der Waals surface area contributed by atoms with Gasteiger partial charge in [-0.1, -0.05) is 38.1 Å². The molecule has 0 amide bonds. The number of hydrogen-bond donors (Lipinski definition) is 1. The molecule has 0 bridgehead atoms. The highest BCUT2D eigenvalue weighted by Crippen LogP contribution is 2.27. The molecule has 0 spiro atoms. The molecular formula is C17H21N5. The van der Waals surface area contributed by atoms with Crippen molar-refractivity contribution >= 4 is 10.8 Å². The molecular weight excluding hydrogens is 274 g/mol. The van der Waals surface area contributed by atoms with Crippen LogP contribution in [-0.4, -0.2) is 26.3 Å². The Morgan fingerprint density at radius 2 is 1.91 bits per heavy atom. The lowest BCUT2D eigenvalue weighted by Gasteiger charge is -2.18. The van der Waals surface area contributed by atoms with Gasteiger partial charge in [-0.2, -0.15) is 5.10 Å². The largest absolute Gasteiger partial charge is 0.310 e. The first-order valence-electron chi connectivity index (χ1n) is 7.63. The van der Waals surface area contributed by atoms with Gasteiger partial charge in [0, 0.05) is 17.6 Å². The van der Waals surface area contributed by atoms with Gasteiger partial charge in [-0.25, -0.2) is 14.6 Å². The summed E-state index contributed by atoms with van der Waals surface area (Å²) >= 11 is 0. The van der Waals surface area contributed by atoms with E-state index in [0.717, 1.165) is 17.7 Å². The highest BCUT2D eigenvalue weighted by molar-refractivity contribution is 5.91. The van der Waals surface area contributed by atoms with Crippen LogP contribution in [0.3, 0.4) is 0 Å². The minimum absolute atomic E-state index is 0.254. The van der Waals surface area contributed by atoms with Gasteiger partial charge in [-0.3, -0.25) is 0 Å². The zero-order chi connectivity index (χ0) is 15.5. The molecule has 0 aliphatic heterocycles. The Kier molecular flexibility index (Phi) is 4.15. The lowest BCUT2D eigenvalue weighted by Crippen LogP contribution is -2.23. The lowest BCUT2D eigenvalue weighted by atomic mass is 10.0. The van der Waals surface area contributed by atoms with E-state index in [4.69, 9.17) is 0 Å². The molecule has 114 valence electrons. The molecule has 0 aliphatic carbocycles. The lowest BCUT2D eigenvalue weighted by molar-refractivity contribution is 0.497. The zero-order valence-corrected chi connectivity index (χ0v) is 13.2. The average Bonchev–Trinajstić information content (AvgIpc) is 3.05. The van der Waals surface area contributed by atoms with E-state index in [9.17, 15) is 0 Å². The number of rotatable bonds is 5. The van der Waals surface area contributed by atoms with Gasteiger partial charge in [0.1, 0.15) is 12.7 Å². The van der Waals surface area contributed by atoms with Crippen molar-refractivity contribution in [1.29, 1.82) is 0 Å². The summed E-state index contributed by atoms with van der Waals surface area (Å²) in [6.45, 7) is 7.59. The fourth-order valence-electron chi connectivity index (χ4n) is 2.57. The van der Waals surface area contributed by atoms with E-state index in [1.165, 1.54) is 17.3 Å². The summed E-state index contributed by atoms with van der Waals surface area (Å²) in [5, 5.41) is 10.1. The van der Waals surface area contributed by atoms with Crippen molar-refractivity contribution in [2.45, 2.75) is 26.8 Å². The van der Waals surface area contributed by atoms with Crippen LogP contribution in [0.4, 0.5) is 0 Å². The second kappa shape index (κ2) is 6.23. The van der Waals surface area contributed by atoms with Crippen molar-refractivity contribution < 1.29 is 0 Å². The van der Waals surface area contributed by atoms with E-state index in [1.54, 1.807) is 11.0 Å². The SMILES string of the molecule is CC(C)CNC(C)c1cnc(-n2cncn2)c2ccccc12. The molecule has 3 aromatic rings. The first kappa shape index (κ1) is 14.7. The van der Waals surface area contributed by atoms with Gasteiger partial charge < -0.3 is 5.32 Å². The summed E-state index contributed by atoms with van der Waals surface area (Å²) in [7, 11) is 0. The molecule has 2 aromatic heterocycles. The van der Waals surface area contributed by atoms with Crippen LogP contribution < -0.4 is 5.32 Å². The van der Waals surface area contributed by atoms with Crippen molar-refractivity contribution in [1.82, 2.24) is 25.1 Å². The number of fused-ring (bicyclic) bond motifs is 1. The number of pyridine rings is 1. The number of benzene rings is 1. The van der Waals surface area contributed by atoms with Crippen LogP contribution in [0.15, 0.2) is 43.1 Å². The number of nitrogens with zero attached hydrogens (tertiary/aromatic N) is 4. The van der Waals surface area contributed by atoms with Crippen molar-refractivity contribution in [2.24, 2.45) is 5.92 Å². The van der Waals surface area contributed by atoms with E-state index >= 15 is 0 Å². The Morgan fingerprint density at radius 3 is 2.59 bits per heavy atom. The summed E-state index contributed by atoms with van der Waals surface area (Å²) in [5.74, 6) is 1.43. The van der Waals surface area contributed by atoms with Gasteiger partial charge in [0.05, 0.1) is 0 Å². The molecule has 2 heterocycles. The van der Waals surface area contributed by atoms with Gasteiger partial charge in [-0.15, -0.1) is 0 Å². The molecule has 3 rings (SSSR count). The normalized spacial score (nSPS) is 12.9. The van der Waals surface area contributed by atoms with Gasteiger partial charge >= 0.3 is 0 Å². The van der Waals surface area contributed by atoms with Crippen LogP contribution in [0.5, 0.6) is 0 Å². The number of nitrogens with one attached hydrogen (secondary N) is 1. The number of aromatic nitrogens is 4. The quantitative estimate of drug-likeness (QED) is 0.785. The van der Waals surface area contributed by atoms with E-state index in [1.807, 2.05) is 12.3 Å². The molecule has 0 saturated heterocycles. The Bertz CT molecular complexity index is 749. The smallest absolute Gasteiger partial charge is 0.163 e. The van der Waals surface area contributed by atoms with Gasteiger partial charge in [0.2, 0.25) is 0 Å². The Balaban J connectivity index is 2.05. The Labute approximate surface area is 130 Å². The van der Waals surface area contributed by atoms with Gasteiger partial charge in [0.15, 0.2) is 5.82 Å². The van der Waals surface area contributed by atoms with E-state index in [2.05, 4.69) is 59.4 Å². The molecule has 1 N–H and O–H groups in total. The first-order chi connectivity index (χ1) is 10.7. The maximum atomic E-state index is 4.62. The minimum atomic E-state index is 0.254. The van der Waals surface area contributed by atoms with Crippen molar-refractivity contribution in [3.05, 3.63) is 48.7 Å². The van der Waals surface area contributed by atoms with Gasteiger partial charge in [-0.05, 0) is 30.3 Å². The predicted octanol–water partition coefficient (Wildman–Crippen LogP) is 3.12. The zero-order valence-electron chi connectivity index (χ0n) is 13.2. The number of hydrogen-bond acceptors (Lipinski definition) is 4. The third kappa shape index (κ3) is 2.85. The van der Waals surface area contributed by atoms with Crippen LogP contribution in [-0.2, 0) is 0 Å². The minimum Gasteiger partial charge on any atom is -0.310 e. The molecule has 5 heteroatoms. The summed E-state index contributed by atoms with van der Waals surface area (Å²) in [6.07, 6.45) is 5.14. The fraction of sp³-hybridized carbons (Fsp3) is 0.353. The molecule has 22 heavy (non-hydrogen) atoms. The Hall–Kier alpha value is -2.27. The standard InChI is InChI=1S/C17H21N5/c1-12(2)8-19-13(3)16-9-20-17(22-11-18-10-21-22)15-7-5-4-6-14(15)16/h4-7,9-13,19H,8H2,1-3H3. The van der Waals surface area contributed by atoms with Crippen LogP contribution >= 0.6 is 0 Å². The van der Waals surface area contributed by atoms with Crippen molar-refractivity contribution in [3.63, 3.8) is 0 Å². The highest BCUT2D eigenvalue weighted by atomic mass is 15.3. The second-order valence-corrected chi connectivity index (χ2v) is 5.95. The summed E-state index contributed by atoms with van der Waals surface area (Å²) in [5.41, 5.74) is 1.21. The molecule has 0 saturated carbocycles.